The highest BCUT2D eigenvalue weighted by Gasteiger charge is 2.24. The molecule has 0 aliphatic rings. The van der Waals surface area contributed by atoms with Crippen molar-refractivity contribution in [1.82, 2.24) is 0 Å². The van der Waals surface area contributed by atoms with Gasteiger partial charge < -0.3 is 14.2 Å². The van der Waals surface area contributed by atoms with Crippen LogP contribution in [0, 0.1) is 0 Å². The summed E-state index contributed by atoms with van der Waals surface area (Å²) in [6.07, 6.45) is 0.270. The second-order valence-electron chi connectivity index (χ2n) is 4.04. The van der Waals surface area contributed by atoms with Gasteiger partial charge in [-0.3, -0.25) is 4.57 Å². The number of esters is 1. The van der Waals surface area contributed by atoms with Crippen LogP contribution in [0.25, 0.3) is 0 Å². The number of methoxy groups -OCH3 is 1. The fraction of sp³-hybridized carbons (Fsp3) is 0.889. The SMILES string of the molecule is COC(=O)C[NH+](C)C[P@](C)(=O)OC(C)C. The van der Waals surface area contributed by atoms with Gasteiger partial charge in [0.25, 0.3) is 7.37 Å². The van der Waals surface area contributed by atoms with Crippen molar-refractivity contribution < 1.29 is 23.5 Å². The third kappa shape index (κ3) is 7.54. The molecular weight excluding hydrogens is 217 g/mol. The standard InChI is InChI=1S/C9H20NO4P/c1-8(2)14-15(5,12)7-10(3)6-9(11)13-4/h8H,6-7H2,1-5H3/p+1/t15-/m1/s1. The minimum absolute atomic E-state index is 0.0632. The van der Waals surface area contributed by atoms with E-state index in [1.54, 1.807) is 13.7 Å². The second-order valence-corrected chi connectivity index (χ2v) is 6.59. The zero-order chi connectivity index (χ0) is 12.1. The van der Waals surface area contributed by atoms with Crippen LogP contribution >= 0.6 is 7.37 Å². The summed E-state index contributed by atoms with van der Waals surface area (Å²) in [5, 5.41) is 0. The fourth-order valence-electron chi connectivity index (χ4n) is 1.35. The van der Waals surface area contributed by atoms with Crippen molar-refractivity contribution in [2.24, 2.45) is 0 Å². The molecule has 0 aliphatic heterocycles. The van der Waals surface area contributed by atoms with Gasteiger partial charge in [-0.15, -0.1) is 0 Å². The number of hydrogen-bond donors (Lipinski definition) is 1. The molecular formula is C9H21NO4P+. The van der Waals surface area contributed by atoms with E-state index in [4.69, 9.17) is 4.52 Å². The molecule has 5 nitrogen and oxygen atoms in total. The predicted octanol–water partition coefficient (Wildman–Crippen LogP) is -0.0355. The van der Waals surface area contributed by atoms with Crippen molar-refractivity contribution in [3.8, 4) is 0 Å². The molecule has 0 radical (unpaired) electrons. The Labute approximate surface area is 91.2 Å². The van der Waals surface area contributed by atoms with E-state index in [0.717, 1.165) is 4.90 Å². The van der Waals surface area contributed by atoms with Crippen LogP contribution in [0.1, 0.15) is 13.8 Å². The van der Waals surface area contributed by atoms with Crippen LogP contribution in [0.2, 0.25) is 0 Å². The van der Waals surface area contributed by atoms with Crippen LogP contribution in [0.5, 0.6) is 0 Å². The smallest absolute Gasteiger partial charge is 0.361 e. The highest BCUT2D eigenvalue weighted by atomic mass is 31.2. The van der Waals surface area contributed by atoms with Gasteiger partial charge in [0, 0.05) is 6.66 Å². The third-order valence-electron chi connectivity index (χ3n) is 1.66. The molecule has 0 aromatic carbocycles. The van der Waals surface area contributed by atoms with E-state index in [2.05, 4.69) is 4.74 Å². The molecule has 0 aromatic heterocycles. The molecule has 0 amide bonds. The first-order valence-corrected chi connectivity index (χ1v) is 7.15. The Bertz CT molecular complexity index is 254. The summed E-state index contributed by atoms with van der Waals surface area (Å²) in [6.45, 7) is 5.47. The zero-order valence-corrected chi connectivity index (χ0v) is 11.0. The number of ether oxygens (including phenoxy) is 1. The van der Waals surface area contributed by atoms with Gasteiger partial charge in [0.1, 0.15) is 0 Å². The molecule has 0 fully saturated rings. The lowest BCUT2D eigenvalue weighted by molar-refractivity contribution is -0.859. The van der Waals surface area contributed by atoms with Gasteiger partial charge in [0.15, 0.2) is 12.8 Å². The van der Waals surface area contributed by atoms with E-state index >= 15 is 0 Å². The summed E-state index contributed by atoms with van der Waals surface area (Å²) >= 11 is 0. The quantitative estimate of drug-likeness (QED) is 0.521. The molecule has 0 aromatic rings. The lowest BCUT2D eigenvalue weighted by Gasteiger charge is -2.20. The van der Waals surface area contributed by atoms with Gasteiger partial charge in [-0.2, -0.15) is 0 Å². The molecule has 15 heavy (non-hydrogen) atoms. The minimum atomic E-state index is -2.62. The number of carbonyl (C=O) groups is 1. The number of nitrogens with one attached hydrogen (secondary N) is 1. The lowest BCUT2D eigenvalue weighted by Crippen LogP contribution is -3.09. The molecule has 0 rings (SSSR count). The van der Waals surface area contributed by atoms with E-state index in [1.165, 1.54) is 7.11 Å². The van der Waals surface area contributed by atoms with Gasteiger partial charge in [0.2, 0.25) is 0 Å². The first-order chi connectivity index (χ1) is 6.76. The maximum atomic E-state index is 11.9. The Morgan fingerprint density at radius 2 is 2.00 bits per heavy atom. The van der Waals surface area contributed by atoms with Crippen LogP contribution in [-0.2, 0) is 18.6 Å². The molecule has 0 spiro atoms. The molecule has 0 saturated heterocycles. The summed E-state index contributed by atoms with van der Waals surface area (Å²) in [6, 6.07) is 0. The van der Waals surface area contributed by atoms with E-state index in [9.17, 15) is 9.36 Å². The second kappa shape index (κ2) is 6.26. The average molecular weight is 238 g/mol. The first kappa shape index (κ1) is 14.6. The van der Waals surface area contributed by atoms with Crippen LogP contribution in [0.4, 0.5) is 0 Å². The van der Waals surface area contributed by atoms with Gasteiger partial charge in [0.05, 0.1) is 20.3 Å². The van der Waals surface area contributed by atoms with Crippen LogP contribution in [0.3, 0.4) is 0 Å². The monoisotopic (exact) mass is 238 g/mol. The Morgan fingerprint density at radius 3 is 2.40 bits per heavy atom. The van der Waals surface area contributed by atoms with Gasteiger partial charge in [-0.1, -0.05) is 0 Å². The van der Waals surface area contributed by atoms with Gasteiger partial charge >= 0.3 is 5.97 Å². The van der Waals surface area contributed by atoms with Crippen LogP contribution in [0.15, 0.2) is 0 Å². The fourth-order valence-corrected chi connectivity index (χ4v) is 3.41. The Morgan fingerprint density at radius 1 is 1.47 bits per heavy atom. The van der Waals surface area contributed by atoms with Crippen molar-refractivity contribution in [1.29, 1.82) is 0 Å². The van der Waals surface area contributed by atoms with Crippen LogP contribution < -0.4 is 4.90 Å². The molecule has 0 bridgehead atoms. The highest BCUT2D eigenvalue weighted by molar-refractivity contribution is 7.57. The average Bonchev–Trinajstić information content (AvgIpc) is 1.99. The molecule has 90 valence electrons. The topological polar surface area (TPSA) is 57.0 Å². The molecule has 2 atom stereocenters. The Balaban J connectivity index is 4.09. The van der Waals surface area contributed by atoms with Gasteiger partial charge in [-0.25, -0.2) is 4.79 Å². The zero-order valence-electron chi connectivity index (χ0n) is 10.1. The van der Waals surface area contributed by atoms with E-state index in [1.807, 2.05) is 13.8 Å². The predicted molar refractivity (Wildman–Crippen MR) is 58.4 cm³/mol. The minimum Gasteiger partial charge on any atom is -0.465 e. The largest absolute Gasteiger partial charge is 0.465 e. The summed E-state index contributed by atoms with van der Waals surface area (Å²) in [7, 11) is 0.511. The van der Waals surface area contributed by atoms with Crippen molar-refractivity contribution in [3.05, 3.63) is 0 Å². The number of carbonyl (C=O) groups excluding carboxylic acids is 1. The summed E-state index contributed by atoms with van der Waals surface area (Å²) in [5.41, 5.74) is 0. The number of rotatable bonds is 6. The number of likely N-dealkylation sites (N-methyl/N-ethyl adjacent to an activating group) is 1. The highest BCUT2D eigenvalue weighted by Crippen LogP contribution is 2.41. The van der Waals surface area contributed by atoms with Crippen molar-refractivity contribution in [2.75, 3.05) is 33.7 Å². The number of quaternary nitrogens is 1. The Kier molecular flexibility index (Phi) is 6.10. The van der Waals surface area contributed by atoms with Crippen molar-refractivity contribution >= 4 is 13.3 Å². The molecule has 1 N–H and O–H groups in total. The molecule has 0 heterocycles. The lowest BCUT2D eigenvalue weighted by atomic mass is 10.5. The van der Waals surface area contributed by atoms with E-state index in [0.29, 0.717) is 6.29 Å². The number of hydrogen-bond acceptors (Lipinski definition) is 4. The van der Waals surface area contributed by atoms with E-state index in [-0.39, 0.29) is 18.6 Å². The summed E-state index contributed by atoms with van der Waals surface area (Å²) < 4.78 is 21.7. The van der Waals surface area contributed by atoms with Crippen molar-refractivity contribution in [2.45, 2.75) is 20.0 Å². The summed E-state index contributed by atoms with van der Waals surface area (Å²) in [4.78, 5) is 11.8. The van der Waals surface area contributed by atoms with E-state index < -0.39 is 7.37 Å². The molecule has 0 aliphatic carbocycles. The van der Waals surface area contributed by atoms with Gasteiger partial charge in [-0.05, 0) is 13.8 Å². The third-order valence-corrected chi connectivity index (χ3v) is 3.65. The Hall–Kier alpha value is -0.380. The molecule has 6 heteroatoms. The normalized spacial score (nSPS) is 17.2. The summed E-state index contributed by atoms with van der Waals surface area (Å²) in [5.74, 6) is -0.308. The van der Waals surface area contributed by atoms with Crippen LogP contribution in [-0.4, -0.2) is 45.7 Å². The van der Waals surface area contributed by atoms with Crippen molar-refractivity contribution in [3.63, 3.8) is 0 Å². The first-order valence-electron chi connectivity index (χ1n) is 4.90. The maximum Gasteiger partial charge on any atom is 0.361 e. The molecule has 0 saturated carbocycles. The maximum absolute atomic E-state index is 11.9. The molecule has 1 unspecified atom stereocenters.